The molecule has 0 spiro atoms. The molecule has 12 heteroatoms. The minimum atomic E-state index is -4.36. The monoisotopic (exact) mass is 646 g/mol. The van der Waals surface area contributed by atoms with Crippen LogP contribution in [0, 0.1) is 15.9 Å². The van der Waals surface area contributed by atoms with Crippen LogP contribution in [-0.4, -0.2) is 48.2 Å². The number of amides is 2. The number of sulfonamides is 1. The fraction of sp³-hybridized carbons (Fsp3) is 0.235. The molecule has 0 aliphatic carbocycles. The Bertz CT molecular complexity index is 1760. The zero-order valence-corrected chi connectivity index (χ0v) is 26.5. The van der Waals surface area contributed by atoms with Gasteiger partial charge in [-0.3, -0.25) is 24.0 Å². The normalized spacial score (nSPS) is 12.2. The first-order valence-electron chi connectivity index (χ1n) is 14.5. The van der Waals surface area contributed by atoms with Gasteiger partial charge < -0.3 is 10.2 Å². The number of carbonyl (C=O) groups excluding carboxylic acids is 2. The van der Waals surface area contributed by atoms with Crippen molar-refractivity contribution in [1.29, 1.82) is 0 Å². The average molecular weight is 647 g/mol. The van der Waals surface area contributed by atoms with Gasteiger partial charge in [-0.2, -0.15) is 0 Å². The number of rotatable bonds is 12. The van der Waals surface area contributed by atoms with Crippen LogP contribution in [0.25, 0.3) is 0 Å². The van der Waals surface area contributed by atoms with Gasteiger partial charge in [-0.25, -0.2) is 12.8 Å². The Balaban J connectivity index is 1.82. The van der Waals surface area contributed by atoms with Crippen molar-refractivity contribution in [3.8, 4) is 0 Å². The molecule has 46 heavy (non-hydrogen) atoms. The maximum atomic E-state index is 14.4. The van der Waals surface area contributed by atoms with Crippen LogP contribution >= 0.6 is 0 Å². The van der Waals surface area contributed by atoms with Crippen LogP contribution in [0.3, 0.4) is 0 Å². The maximum Gasteiger partial charge on any atom is 0.269 e. The number of carbonyl (C=O) groups is 2. The van der Waals surface area contributed by atoms with E-state index in [0.29, 0.717) is 5.56 Å². The lowest BCUT2D eigenvalue weighted by molar-refractivity contribution is -0.384. The van der Waals surface area contributed by atoms with E-state index in [2.05, 4.69) is 5.32 Å². The molecule has 1 atom stereocenters. The third kappa shape index (κ3) is 8.75. The standard InChI is InChI=1S/C34H35FN4O6S/c1-34(2,3)36-33(41)31(22-25-10-6-4-7-11-25)37(23-26-14-16-27(35)17-15-26)32(40)24-38(28-18-20-29(21-19-28)39(42)43)46(44,45)30-12-8-5-9-13-30/h4-21,31H,22-24H2,1-3H3,(H,36,41)/t31-/m1/s1. The molecule has 0 heterocycles. The van der Waals surface area contributed by atoms with Crippen LogP contribution in [0.15, 0.2) is 114 Å². The molecule has 4 aromatic carbocycles. The highest BCUT2D eigenvalue weighted by Crippen LogP contribution is 2.27. The van der Waals surface area contributed by atoms with E-state index >= 15 is 0 Å². The first-order chi connectivity index (χ1) is 21.7. The van der Waals surface area contributed by atoms with Crippen molar-refractivity contribution in [2.24, 2.45) is 0 Å². The van der Waals surface area contributed by atoms with Gasteiger partial charge in [0.1, 0.15) is 18.4 Å². The van der Waals surface area contributed by atoms with Crippen LogP contribution in [0.1, 0.15) is 31.9 Å². The van der Waals surface area contributed by atoms with Gasteiger partial charge >= 0.3 is 0 Å². The lowest BCUT2D eigenvalue weighted by Crippen LogP contribution is -2.56. The molecule has 240 valence electrons. The molecule has 0 fully saturated rings. The van der Waals surface area contributed by atoms with Crippen molar-refractivity contribution in [3.05, 3.63) is 136 Å². The summed E-state index contributed by atoms with van der Waals surface area (Å²) in [5, 5.41) is 14.2. The summed E-state index contributed by atoms with van der Waals surface area (Å²) in [6, 6.07) is 25.7. The van der Waals surface area contributed by atoms with E-state index in [-0.39, 0.29) is 29.2 Å². The van der Waals surface area contributed by atoms with Gasteiger partial charge in [0, 0.05) is 30.6 Å². The van der Waals surface area contributed by atoms with Gasteiger partial charge in [-0.1, -0.05) is 60.7 Å². The van der Waals surface area contributed by atoms with Crippen LogP contribution < -0.4 is 9.62 Å². The number of non-ortho nitro benzene ring substituents is 1. The Labute approximate surface area is 267 Å². The first kappa shape index (κ1) is 33.8. The number of nitrogens with zero attached hydrogens (tertiary/aromatic N) is 3. The number of hydrogen-bond acceptors (Lipinski definition) is 6. The van der Waals surface area contributed by atoms with E-state index in [1.807, 2.05) is 30.3 Å². The number of nitro benzene ring substituents is 1. The zero-order valence-electron chi connectivity index (χ0n) is 25.7. The van der Waals surface area contributed by atoms with E-state index < -0.39 is 50.7 Å². The van der Waals surface area contributed by atoms with Gasteiger partial charge in [0.15, 0.2) is 0 Å². The second kappa shape index (κ2) is 14.3. The number of halogens is 1. The quantitative estimate of drug-likeness (QED) is 0.160. The molecule has 0 aliphatic rings. The number of nitro groups is 1. The van der Waals surface area contributed by atoms with Crippen molar-refractivity contribution >= 4 is 33.2 Å². The Hall–Kier alpha value is -5.10. The van der Waals surface area contributed by atoms with Crippen LogP contribution in [0.2, 0.25) is 0 Å². The largest absolute Gasteiger partial charge is 0.350 e. The molecule has 2 amide bonds. The van der Waals surface area contributed by atoms with Crippen LogP contribution in [0.4, 0.5) is 15.8 Å². The van der Waals surface area contributed by atoms with E-state index in [1.165, 1.54) is 65.6 Å². The smallest absolute Gasteiger partial charge is 0.269 e. The summed E-state index contributed by atoms with van der Waals surface area (Å²) in [5.74, 6) is -1.65. The second-order valence-electron chi connectivity index (χ2n) is 11.7. The molecular formula is C34H35FN4O6S. The maximum absolute atomic E-state index is 14.4. The van der Waals surface area contributed by atoms with Crippen molar-refractivity contribution in [2.45, 2.75) is 50.2 Å². The van der Waals surface area contributed by atoms with Gasteiger partial charge in [-0.05, 0) is 68.3 Å². The molecule has 1 N–H and O–H groups in total. The summed E-state index contributed by atoms with van der Waals surface area (Å²) in [5.41, 5.74) is 0.384. The lowest BCUT2D eigenvalue weighted by atomic mass is 10.0. The predicted octanol–water partition coefficient (Wildman–Crippen LogP) is 5.48. The Morgan fingerprint density at radius 1 is 0.848 bits per heavy atom. The van der Waals surface area contributed by atoms with E-state index in [0.717, 1.165) is 22.0 Å². The van der Waals surface area contributed by atoms with Crippen molar-refractivity contribution in [2.75, 3.05) is 10.8 Å². The summed E-state index contributed by atoms with van der Waals surface area (Å²) in [4.78, 5) is 40.2. The lowest BCUT2D eigenvalue weighted by Gasteiger charge is -2.35. The SMILES string of the molecule is CC(C)(C)NC(=O)[C@@H](Cc1ccccc1)N(Cc1ccc(F)cc1)C(=O)CN(c1ccc([N+](=O)[O-])cc1)S(=O)(=O)c1ccccc1. The molecule has 0 saturated heterocycles. The topological polar surface area (TPSA) is 130 Å². The number of hydrogen-bond donors (Lipinski definition) is 1. The van der Waals surface area contributed by atoms with Gasteiger partial charge in [0.05, 0.1) is 15.5 Å². The van der Waals surface area contributed by atoms with Crippen molar-refractivity contribution < 1.29 is 27.3 Å². The zero-order chi connectivity index (χ0) is 33.5. The second-order valence-corrected chi connectivity index (χ2v) is 13.6. The van der Waals surface area contributed by atoms with Crippen LogP contribution in [0.5, 0.6) is 0 Å². The predicted molar refractivity (Wildman–Crippen MR) is 173 cm³/mol. The molecule has 10 nitrogen and oxygen atoms in total. The highest BCUT2D eigenvalue weighted by atomic mass is 32.2. The summed E-state index contributed by atoms with van der Waals surface area (Å²) in [6.07, 6.45) is 0.110. The summed E-state index contributed by atoms with van der Waals surface area (Å²) in [6.45, 7) is 4.55. The molecular weight excluding hydrogens is 611 g/mol. The molecule has 0 saturated carbocycles. The first-order valence-corrected chi connectivity index (χ1v) is 15.9. The van der Waals surface area contributed by atoms with Crippen molar-refractivity contribution in [3.63, 3.8) is 0 Å². The molecule has 0 bridgehead atoms. The van der Waals surface area contributed by atoms with Crippen LogP contribution in [-0.2, 0) is 32.6 Å². The van der Waals surface area contributed by atoms with Crippen molar-refractivity contribution in [1.82, 2.24) is 10.2 Å². The minimum absolute atomic E-state index is 0.0169. The van der Waals surface area contributed by atoms with E-state index in [4.69, 9.17) is 0 Å². The highest BCUT2D eigenvalue weighted by molar-refractivity contribution is 7.92. The third-order valence-corrected chi connectivity index (χ3v) is 8.78. The molecule has 0 radical (unpaired) electrons. The Morgan fingerprint density at radius 2 is 1.41 bits per heavy atom. The molecule has 0 unspecified atom stereocenters. The van der Waals surface area contributed by atoms with E-state index in [9.17, 15) is 32.5 Å². The fourth-order valence-corrected chi connectivity index (χ4v) is 6.22. The molecule has 0 aliphatic heterocycles. The molecule has 0 aromatic heterocycles. The summed E-state index contributed by atoms with van der Waals surface area (Å²) in [7, 11) is -4.36. The Morgan fingerprint density at radius 3 is 1.96 bits per heavy atom. The fourth-order valence-electron chi connectivity index (χ4n) is 4.78. The summed E-state index contributed by atoms with van der Waals surface area (Å²) < 4.78 is 42.7. The Kier molecular flexibility index (Phi) is 10.5. The molecule has 4 aromatic rings. The third-order valence-electron chi connectivity index (χ3n) is 6.99. The van der Waals surface area contributed by atoms with Gasteiger partial charge in [0.2, 0.25) is 11.8 Å². The van der Waals surface area contributed by atoms with E-state index in [1.54, 1.807) is 26.8 Å². The number of benzene rings is 4. The van der Waals surface area contributed by atoms with Gasteiger partial charge in [0.25, 0.3) is 15.7 Å². The summed E-state index contributed by atoms with van der Waals surface area (Å²) >= 11 is 0. The number of anilines is 1. The molecule has 4 rings (SSSR count). The average Bonchev–Trinajstić information content (AvgIpc) is 3.02. The highest BCUT2D eigenvalue weighted by Gasteiger charge is 2.35. The minimum Gasteiger partial charge on any atom is -0.350 e. The number of nitrogens with one attached hydrogen (secondary N) is 1. The van der Waals surface area contributed by atoms with Gasteiger partial charge in [-0.15, -0.1) is 0 Å².